The molecule has 23 heavy (non-hydrogen) atoms. The van der Waals surface area contributed by atoms with Crippen LogP contribution in [-0.4, -0.2) is 25.4 Å². The van der Waals surface area contributed by atoms with Gasteiger partial charge in [-0.25, -0.2) is 13.1 Å². The summed E-state index contributed by atoms with van der Waals surface area (Å²) in [5.41, 5.74) is 1.04. The fourth-order valence-electron chi connectivity index (χ4n) is 2.07. The molecule has 1 aromatic carbocycles. The van der Waals surface area contributed by atoms with Gasteiger partial charge in [0.2, 0.25) is 10.0 Å². The molecule has 0 saturated heterocycles. The number of nitrogens with one attached hydrogen (secondary N) is 2. The topological polar surface area (TPSA) is 88.2 Å². The summed E-state index contributed by atoms with van der Waals surface area (Å²) in [7, 11) is -3.56. The maximum absolute atomic E-state index is 12.2. The van der Waals surface area contributed by atoms with Gasteiger partial charge in [-0.2, -0.15) is 0 Å². The van der Waals surface area contributed by atoms with Gasteiger partial charge >= 0.3 is 0 Å². The summed E-state index contributed by atoms with van der Waals surface area (Å²) < 4.78 is 27.0. The van der Waals surface area contributed by atoms with Crippen molar-refractivity contribution in [3.63, 3.8) is 0 Å². The number of amides is 1. The summed E-state index contributed by atoms with van der Waals surface area (Å²) in [6.07, 6.45) is 3.38. The van der Waals surface area contributed by atoms with Crippen molar-refractivity contribution < 1.29 is 13.2 Å². The van der Waals surface area contributed by atoms with Crippen LogP contribution in [0.2, 0.25) is 0 Å². The SMILES string of the molecule is O=C(NCc1ccccn1)c1cccc(S(=O)(=O)NC2CC2)c1. The second-order valence-electron chi connectivity index (χ2n) is 5.43. The number of nitrogens with zero attached hydrogens (tertiary/aromatic N) is 1. The molecule has 0 radical (unpaired) electrons. The molecular formula is C16H17N3O3S. The molecule has 1 aliphatic carbocycles. The Hall–Kier alpha value is -2.25. The minimum Gasteiger partial charge on any atom is -0.346 e. The van der Waals surface area contributed by atoms with Crippen LogP contribution in [0.4, 0.5) is 0 Å². The zero-order valence-corrected chi connectivity index (χ0v) is 13.2. The van der Waals surface area contributed by atoms with Gasteiger partial charge in [-0.1, -0.05) is 12.1 Å². The van der Waals surface area contributed by atoms with Gasteiger partial charge < -0.3 is 5.32 Å². The Balaban J connectivity index is 1.70. The van der Waals surface area contributed by atoms with E-state index in [2.05, 4.69) is 15.0 Å². The molecule has 1 aromatic heterocycles. The Labute approximate surface area is 135 Å². The highest BCUT2D eigenvalue weighted by Crippen LogP contribution is 2.22. The third-order valence-electron chi connectivity index (χ3n) is 3.46. The average Bonchev–Trinajstić information content (AvgIpc) is 3.37. The summed E-state index contributed by atoms with van der Waals surface area (Å²) in [5, 5.41) is 2.73. The first-order valence-electron chi connectivity index (χ1n) is 7.35. The van der Waals surface area contributed by atoms with Gasteiger partial charge in [-0.3, -0.25) is 9.78 Å². The number of benzene rings is 1. The molecule has 0 aliphatic heterocycles. The van der Waals surface area contributed by atoms with Gasteiger partial charge in [0, 0.05) is 17.8 Å². The van der Waals surface area contributed by atoms with Gasteiger partial charge in [0.05, 0.1) is 17.1 Å². The second-order valence-corrected chi connectivity index (χ2v) is 7.14. The molecule has 6 nitrogen and oxygen atoms in total. The zero-order chi connectivity index (χ0) is 16.3. The van der Waals surface area contributed by atoms with E-state index >= 15 is 0 Å². The van der Waals surface area contributed by atoms with Crippen LogP contribution in [0.15, 0.2) is 53.6 Å². The molecule has 1 heterocycles. The minimum atomic E-state index is -3.56. The zero-order valence-electron chi connectivity index (χ0n) is 12.4. The maximum Gasteiger partial charge on any atom is 0.251 e. The Morgan fingerprint density at radius 2 is 2.00 bits per heavy atom. The van der Waals surface area contributed by atoms with Crippen molar-refractivity contribution in [2.45, 2.75) is 30.3 Å². The number of aromatic nitrogens is 1. The smallest absolute Gasteiger partial charge is 0.251 e. The summed E-state index contributed by atoms with van der Waals surface area (Å²) in [4.78, 5) is 16.4. The van der Waals surface area contributed by atoms with Crippen LogP contribution in [0.25, 0.3) is 0 Å². The highest BCUT2D eigenvalue weighted by Gasteiger charge is 2.28. The van der Waals surface area contributed by atoms with Gasteiger partial charge in [-0.05, 0) is 43.2 Å². The second kappa shape index (κ2) is 6.47. The number of hydrogen-bond donors (Lipinski definition) is 2. The Morgan fingerprint density at radius 1 is 1.17 bits per heavy atom. The molecule has 3 rings (SSSR count). The molecule has 1 saturated carbocycles. The van der Waals surface area contributed by atoms with E-state index in [1.54, 1.807) is 30.5 Å². The molecule has 0 atom stereocenters. The van der Waals surface area contributed by atoms with Crippen LogP contribution in [-0.2, 0) is 16.6 Å². The van der Waals surface area contributed by atoms with Gasteiger partial charge in [-0.15, -0.1) is 0 Å². The third kappa shape index (κ3) is 4.14. The lowest BCUT2D eigenvalue weighted by atomic mass is 10.2. The number of hydrogen-bond acceptors (Lipinski definition) is 4. The molecular weight excluding hydrogens is 314 g/mol. The molecule has 1 amide bonds. The largest absolute Gasteiger partial charge is 0.346 e. The summed E-state index contributed by atoms with van der Waals surface area (Å²) in [5.74, 6) is -0.334. The van der Waals surface area contributed by atoms with E-state index in [9.17, 15) is 13.2 Å². The first kappa shape index (κ1) is 15.6. The van der Waals surface area contributed by atoms with Gasteiger partial charge in [0.15, 0.2) is 0 Å². The number of sulfonamides is 1. The molecule has 0 spiro atoms. The summed E-state index contributed by atoms with van der Waals surface area (Å²) in [6, 6.07) is 11.5. The van der Waals surface area contributed by atoms with Gasteiger partial charge in [0.25, 0.3) is 5.91 Å². The normalized spacial score (nSPS) is 14.4. The fraction of sp³-hybridized carbons (Fsp3) is 0.250. The number of carbonyl (C=O) groups is 1. The van der Waals surface area contributed by atoms with Crippen LogP contribution >= 0.6 is 0 Å². The predicted octanol–water partition coefficient (Wildman–Crippen LogP) is 1.45. The first-order valence-corrected chi connectivity index (χ1v) is 8.83. The quantitative estimate of drug-likeness (QED) is 0.838. The van der Waals surface area contributed by atoms with Crippen LogP contribution in [0.3, 0.4) is 0 Å². The lowest BCUT2D eigenvalue weighted by molar-refractivity contribution is 0.0950. The van der Waals surface area contributed by atoms with E-state index < -0.39 is 10.0 Å². The van der Waals surface area contributed by atoms with Crippen molar-refractivity contribution >= 4 is 15.9 Å². The molecule has 1 fully saturated rings. The molecule has 0 bridgehead atoms. The van der Waals surface area contributed by atoms with E-state index in [4.69, 9.17) is 0 Å². The molecule has 1 aliphatic rings. The van der Waals surface area contributed by atoms with E-state index in [1.807, 2.05) is 6.07 Å². The molecule has 2 aromatic rings. The van der Waals surface area contributed by atoms with Crippen LogP contribution in [0, 0.1) is 0 Å². The van der Waals surface area contributed by atoms with Crippen LogP contribution in [0.1, 0.15) is 28.9 Å². The fourth-order valence-corrected chi connectivity index (χ4v) is 3.42. The number of rotatable bonds is 6. The highest BCUT2D eigenvalue weighted by molar-refractivity contribution is 7.89. The Kier molecular flexibility index (Phi) is 4.40. The molecule has 2 N–H and O–H groups in total. The Morgan fingerprint density at radius 3 is 2.70 bits per heavy atom. The van der Waals surface area contributed by atoms with E-state index in [-0.39, 0.29) is 23.4 Å². The van der Waals surface area contributed by atoms with E-state index in [0.29, 0.717) is 5.56 Å². The highest BCUT2D eigenvalue weighted by atomic mass is 32.2. The number of carbonyl (C=O) groups excluding carboxylic acids is 1. The molecule has 0 unspecified atom stereocenters. The summed E-state index contributed by atoms with van der Waals surface area (Å²) >= 11 is 0. The summed E-state index contributed by atoms with van der Waals surface area (Å²) in [6.45, 7) is 0.289. The van der Waals surface area contributed by atoms with Crippen LogP contribution < -0.4 is 10.0 Å². The van der Waals surface area contributed by atoms with E-state index in [1.165, 1.54) is 12.1 Å². The van der Waals surface area contributed by atoms with Crippen molar-refractivity contribution in [2.75, 3.05) is 0 Å². The van der Waals surface area contributed by atoms with Crippen molar-refractivity contribution in [2.24, 2.45) is 0 Å². The lowest BCUT2D eigenvalue weighted by Gasteiger charge is -2.08. The van der Waals surface area contributed by atoms with E-state index in [0.717, 1.165) is 18.5 Å². The van der Waals surface area contributed by atoms with Crippen molar-refractivity contribution in [1.82, 2.24) is 15.0 Å². The van der Waals surface area contributed by atoms with Crippen molar-refractivity contribution in [3.05, 3.63) is 59.9 Å². The van der Waals surface area contributed by atoms with Gasteiger partial charge in [0.1, 0.15) is 0 Å². The monoisotopic (exact) mass is 331 g/mol. The third-order valence-corrected chi connectivity index (χ3v) is 4.98. The lowest BCUT2D eigenvalue weighted by Crippen LogP contribution is -2.27. The molecule has 7 heteroatoms. The maximum atomic E-state index is 12.2. The predicted molar refractivity (Wildman–Crippen MR) is 85.2 cm³/mol. The minimum absolute atomic E-state index is 0.0293. The van der Waals surface area contributed by atoms with Crippen molar-refractivity contribution in [3.8, 4) is 0 Å². The average molecular weight is 331 g/mol. The first-order chi connectivity index (χ1) is 11.0. The standard InChI is InChI=1S/C16H17N3O3S/c20-16(18-11-14-5-1-2-9-17-14)12-4-3-6-15(10-12)23(21,22)19-13-7-8-13/h1-6,9-10,13,19H,7-8,11H2,(H,18,20). The van der Waals surface area contributed by atoms with Crippen molar-refractivity contribution in [1.29, 1.82) is 0 Å². The number of pyridine rings is 1. The Bertz CT molecular complexity index is 802. The van der Waals surface area contributed by atoms with Crippen LogP contribution in [0.5, 0.6) is 0 Å². The molecule has 120 valence electrons.